The molecular formula is C17H22F3N7O2. The Morgan fingerprint density at radius 2 is 2.10 bits per heavy atom. The Labute approximate surface area is 165 Å². The van der Waals surface area contributed by atoms with Crippen molar-refractivity contribution >= 4 is 5.91 Å². The zero-order valence-electron chi connectivity index (χ0n) is 15.7. The Hall–Kier alpha value is -2.60. The second-order valence-corrected chi connectivity index (χ2v) is 6.64. The lowest BCUT2D eigenvalue weighted by molar-refractivity contribution is -0.163. The highest BCUT2D eigenvalue weighted by molar-refractivity contribution is 5.76. The van der Waals surface area contributed by atoms with Crippen LogP contribution in [-0.2, 0) is 22.6 Å². The first kappa shape index (κ1) is 21.1. The molecule has 0 radical (unpaired) electrons. The second kappa shape index (κ2) is 9.74. The Morgan fingerprint density at radius 3 is 2.79 bits per heavy atom. The van der Waals surface area contributed by atoms with Crippen LogP contribution in [0.3, 0.4) is 0 Å². The zero-order valence-corrected chi connectivity index (χ0v) is 15.7. The van der Waals surface area contributed by atoms with E-state index in [9.17, 15) is 18.0 Å². The third-order valence-electron chi connectivity index (χ3n) is 4.50. The first-order valence-corrected chi connectivity index (χ1v) is 9.24. The van der Waals surface area contributed by atoms with Crippen LogP contribution in [0.2, 0.25) is 0 Å². The molecule has 1 atom stereocenters. The molecule has 0 aromatic carbocycles. The van der Waals surface area contributed by atoms with Crippen LogP contribution in [-0.4, -0.2) is 68.5 Å². The highest BCUT2D eigenvalue weighted by Crippen LogP contribution is 2.32. The van der Waals surface area contributed by atoms with Crippen molar-refractivity contribution < 1.29 is 22.7 Å². The summed E-state index contributed by atoms with van der Waals surface area (Å²) in [7, 11) is 0. The van der Waals surface area contributed by atoms with Crippen LogP contribution in [0.15, 0.2) is 24.5 Å². The van der Waals surface area contributed by atoms with Gasteiger partial charge in [-0.05, 0) is 22.9 Å². The lowest BCUT2D eigenvalue weighted by Crippen LogP contribution is -2.38. The van der Waals surface area contributed by atoms with Gasteiger partial charge in [0.05, 0.1) is 19.8 Å². The number of nitrogens with zero attached hydrogens (tertiary/aromatic N) is 6. The molecular weight excluding hydrogens is 391 g/mol. The molecule has 12 heteroatoms. The van der Waals surface area contributed by atoms with Gasteiger partial charge in [0.1, 0.15) is 0 Å². The normalized spacial score (nSPS) is 16.5. The standard InChI is InChI=1S/C17H22F3N7O2/c18-17(19,20)16(13-3-1-5-21-11-13)22-15(28)4-2-6-27-14(23-24-25-27)12-26-7-9-29-10-8-26/h1,3,5,11,16H,2,4,6-10,12H2,(H,22,28)/t16-/m1/s1. The molecule has 9 nitrogen and oxygen atoms in total. The van der Waals surface area contributed by atoms with Crippen LogP contribution in [0.25, 0.3) is 0 Å². The Balaban J connectivity index is 1.50. The Bertz CT molecular complexity index is 779. The molecule has 2 aromatic rings. The summed E-state index contributed by atoms with van der Waals surface area (Å²) >= 11 is 0. The first-order chi connectivity index (χ1) is 13.9. The molecule has 1 amide bonds. The summed E-state index contributed by atoms with van der Waals surface area (Å²) in [4.78, 5) is 17.9. The van der Waals surface area contributed by atoms with Crippen LogP contribution in [0.4, 0.5) is 13.2 Å². The van der Waals surface area contributed by atoms with Crippen molar-refractivity contribution in [2.45, 2.75) is 38.1 Å². The summed E-state index contributed by atoms with van der Waals surface area (Å²) in [5.74, 6) is -0.0465. The second-order valence-electron chi connectivity index (χ2n) is 6.64. The summed E-state index contributed by atoms with van der Waals surface area (Å²) in [6.07, 6.45) is -1.91. The maximum Gasteiger partial charge on any atom is 0.412 e. The molecule has 2 aromatic heterocycles. The van der Waals surface area contributed by atoms with Gasteiger partial charge >= 0.3 is 6.18 Å². The zero-order chi connectivity index (χ0) is 20.7. The van der Waals surface area contributed by atoms with E-state index in [0.717, 1.165) is 19.3 Å². The van der Waals surface area contributed by atoms with Gasteiger partial charge in [-0.15, -0.1) is 5.10 Å². The predicted molar refractivity (Wildman–Crippen MR) is 94.3 cm³/mol. The monoisotopic (exact) mass is 413 g/mol. The maximum atomic E-state index is 13.3. The van der Waals surface area contributed by atoms with Gasteiger partial charge < -0.3 is 10.1 Å². The molecule has 0 bridgehead atoms. The number of morpholine rings is 1. The van der Waals surface area contributed by atoms with Gasteiger partial charge in [0.25, 0.3) is 0 Å². The number of halogens is 3. The number of aryl methyl sites for hydroxylation is 1. The van der Waals surface area contributed by atoms with E-state index in [0.29, 0.717) is 38.5 Å². The quantitative estimate of drug-likeness (QED) is 0.692. The fraction of sp³-hybridized carbons (Fsp3) is 0.588. The number of carbonyl (C=O) groups is 1. The van der Waals surface area contributed by atoms with E-state index in [1.165, 1.54) is 18.3 Å². The average molecular weight is 413 g/mol. The number of hydrogen-bond acceptors (Lipinski definition) is 7. The highest BCUT2D eigenvalue weighted by Gasteiger charge is 2.41. The molecule has 0 aliphatic carbocycles. The number of rotatable bonds is 8. The summed E-state index contributed by atoms with van der Waals surface area (Å²) < 4.78 is 46.8. The van der Waals surface area contributed by atoms with Gasteiger partial charge in [-0.1, -0.05) is 6.07 Å². The molecule has 1 aliphatic heterocycles. The third-order valence-corrected chi connectivity index (χ3v) is 4.50. The fourth-order valence-corrected chi connectivity index (χ4v) is 2.99. The van der Waals surface area contributed by atoms with E-state index in [4.69, 9.17) is 4.74 Å². The van der Waals surface area contributed by atoms with Gasteiger partial charge in [-0.2, -0.15) is 13.2 Å². The molecule has 1 saturated heterocycles. The average Bonchev–Trinajstić information content (AvgIpc) is 3.13. The molecule has 0 spiro atoms. The van der Waals surface area contributed by atoms with Crippen molar-refractivity contribution in [2.24, 2.45) is 0 Å². The van der Waals surface area contributed by atoms with E-state index in [-0.39, 0.29) is 12.0 Å². The predicted octanol–water partition coefficient (Wildman–Crippen LogP) is 1.10. The molecule has 0 unspecified atom stereocenters. The summed E-state index contributed by atoms with van der Waals surface area (Å²) in [5, 5.41) is 13.6. The van der Waals surface area contributed by atoms with Crippen LogP contribution >= 0.6 is 0 Å². The van der Waals surface area contributed by atoms with Crippen molar-refractivity contribution in [2.75, 3.05) is 26.3 Å². The maximum absolute atomic E-state index is 13.3. The molecule has 158 valence electrons. The molecule has 1 fully saturated rings. The molecule has 1 aliphatic rings. The van der Waals surface area contributed by atoms with E-state index in [1.54, 1.807) is 4.68 Å². The minimum Gasteiger partial charge on any atom is -0.379 e. The van der Waals surface area contributed by atoms with Crippen LogP contribution < -0.4 is 5.32 Å². The summed E-state index contributed by atoms with van der Waals surface area (Å²) in [5.41, 5.74) is -0.110. The summed E-state index contributed by atoms with van der Waals surface area (Å²) in [6, 6.07) is 0.590. The van der Waals surface area contributed by atoms with Gasteiger partial charge in [0, 0.05) is 44.0 Å². The minimum atomic E-state index is -4.61. The number of aromatic nitrogens is 5. The summed E-state index contributed by atoms with van der Waals surface area (Å²) in [6.45, 7) is 3.76. The number of alkyl halides is 3. The number of nitrogens with one attached hydrogen (secondary N) is 1. The topological polar surface area (TPSA) is 98.1 Å². The third kappa shape index (κ3) is 6.19. The van der Waals surface area contributed by atoms with Crippen molar-refractivity contribution in [1.82, 2.24) is 35.4 Å². The Kier molecular flexibility index (Phi) is 7.09. The van der Waals surface area contributed by atoms with E-state index < -0.39 is 18.1 Å². The number of pyridine rings is 1. The first-order valence-electron chi connectivity index (χ1n) is 9.24. The fourth-order valence-electron chi connectivity index (χ4n) is 2.99. The molecule has 1 N–H and O–H groups in total. The molecule has 3 rings (SSSR count). The number of carbonyl (C=O) groups excluding carboxylic acids is 1. The molecule has 3 heterocycles. The van der Waals surface area contributed by atoms with Crippen LogP contribution in [0.1, 0.15) is 30.3 Å². The Morgan fingerprint density at radius 1 is 1.31 bits per heavy atom. The van der Waals surface area contributed by atoms with Gasteiger partial charge in [0.2, 0.25) is 5.91 Å². The SMILES string of the molecule is O=C(CCCn1nnnc1CN1CCOCC1)N[C@H](c1cccnc1)C(F)(F)F. The number of ether oxygens (including phenoxy) is 1. The smallest absolute Gasteiger partial charge is 0.379 e. The minimum absolute atomic E-state index is 0.0797. The van der Waals surface area contributed by atoms with Crippen molar-refractivity contribution in [1.29, 1.82) is 0 Å². The molecule has 29 heavy (non-hydrogen) atoms. The van der Waals surface area contributed by atoms with Gasteiger partial charge in [0.15, 0.2) is 11.9 Å². The highest BCUT2D eigenvalue weighted by atomic mass is 19.4. The number of tetrazole rings is 1. The van der Waals surface area contributed by atoms with E-state index in [1.807, 2.05) is 5.32 Å². The number of hydrogen-bond donors (Lipinski definition) is 1. The lowest BCUT2D eigenvalue weighted by Gasteiger charge is -2.25. The number of amides is 1. The molecule has 0 saturated carbocycles. The largest absolute Gasteiger partial charge is 0.412 e. The van der Waals surface area contributed by atoms with E-state index >= 15 is 0 Å². The van der Waals surface area contributed by atoms with Crippen LogP contribution in [0, 0.1) is 0 Å². The van der Waals surface area contributed by atoms with Crippen molar-refractivity contribution in [3.8, 4) is 0 Å². The van der Waals surface area contributed by atoms with Crippen LogP contribution in [0.5, 0.6) is 0 Å². The van der Waals surface area contributed by atoms with Crippen molar-refractivity contribution in [3.05, 3.63) is 35.9 Å². The van der Waals surface area contributed by atoms with Crippen molar-refractivity contribution in [3.63, 3.8) is 0 Å². The van der Waals surface area contributed by atoms with Gasteiger partial charge in [-0.3, -0.25) is 14.7 Å². The van der Waals surface area contributed by atoms with Gasteiger partial charge in [-0.25, -0.2) is 4.68 Å². The van der Waals surface area contributed by atoms with E-state index in [2.05, 4.69) is 25.4 Å². The lowest BCUT2D eigenvalue weighted by atomic mass is 10.1.